The summed E-state index contributed by atoms with van der Waals surface area (Å²) in [5, 5.41) is 0. The van der Waals surface area contributed by atoms with Gasteiger partial charge in [-0.05, 0) is 104 Å². The normalized spacial score (nSPS) is 24.8. The third-order valence-electron chi connectivity index (χ3n) is 8.08. The van der Waals surface area contributed by atoms with E-state index in [-0.39, 0.29) is 26.9 Å². The van der Waals surface area contributed by atoms with Crippen LogP contribution in [-0.4, -0.2) is 56.5 Å². The van der Waals surface area contributed by atoms with E-state index in [1.807, 2.05) is 14.1 Å². The van der Waals surface area contributed by atoms with Crippen molar-refractivity contribution in [2.45, 2.75) is 154 Å². The minimum Gasteiger partial charge on any atom is -0.462 e. The molecule has 2 atom stereocenters. The molecule has 0 saturated heterocycles. The van der Waals surface area contributed by atoms with E-state index in [1.54, 1.807) is 0 Å². The molecule has 0 bridgehead atoms. The fraction of sp³-hybridized carbons (Fsp3) is 0.744. The number of hydrogen-bond acceptors (Lipinski definition) is 6. The lowest BCUT2D eigenvalue weighted by atomic mass is 10.0. The topological polar surface area (TPSA) is 65.1 Å². The smallest absolute Gasteiger partial charge is 0.308 e. The molecule has 0 aromatic rings. The predicted molar refractivity (Wildman–Crippen MR) is 196 cm³/mol. The van der Waals surface area contributed by atoms with Crippen molar-refractivity contribution in [3.63, 3.8) is 0 Å². The van der Waals surface area contributed by atoms with E-state index < -0.39 is 0 Å². The van der Waals surface area contributed by atoms with Gasteiger partial charge in [-0.2, -0.15) is 0 Å². The van der Waals surface area contributed by atoms with Gasteiger partial charge in [0.25, 0.3) is 0 Å². The first-order valence-electron chi connectivity index (χ1n) is 18.5. The Balaban J connectivity index is 2.43. The van der Waals surface area contributed by atoms with Crippen LogP contribution in [0.3, 0.4) is 0 Å². The van der Waals surface area contributed by atoms with Crippen molar-refractivity contribution in [2.24, 2.45) is 0 Å². The van der Waals surface area contributed by atoms with E-state index in [0.717, 1.165) is 77.2 Å². The van der Waals surface area contributed by atoms with E-state index >= 15 is 0 Å². The Morgan fingerprint density at radius 2 is 1.26 bits per heavy atom. The van der Waals surface area contributed by atoms with Gasteiger partial charge in [0.05, 0.1) is 13.0 Å². The van der Waals surface area contributed by atoms with Gasteiger partial charge in [0, 0.05) is 12.8 Å². The fourth-order valence-corrected chi connectivity index (χ4v) is 5.92. The summed E-state index contributed by atoms with van der Waals surface area (Å²) in [7, 11) is 4.17. The van der Waals surface area contributed by atoms with Crippen molar-refractivity contribution in [1.82, 2.24) is 4.90 Å². The molecule has 6 nitrogen and oxygen atoms in total. The van der Waals surface area contributed by atoms with Crippen molar-refractivity contribution >= 4 is 20.7 Å². The summed E-state index contributed by atoms with van der Waals surface area (Å²) in [5.74, 6) is -0.163. The maximum Gasteiger partial charge on any atom is 0.308 e. The van der Waals surface area contributed by atoms with Gasteiger partial charge in [-0.1, -0.05) is 100.0 Å². The molecule has 264 valence electrons. The van der Waals surface area contributed by atoms with Gasteiger partial charge < -0.3 is 18.9 Å². The summed E-state index contributed by atoms with van der Waals surface area (Å²) in [6, 6.07) is 0. The number of rotatable bonds is 5. The van der Waals surface area contributed by atoms with E-state index in [4.69, 9.17) is 14.0 Å². The third-order valence-corrected chi connectivity index (χ3v) is 8.77. The van der Waals surface area contributed by atoms with Crippen molar-refractivity contribution in [3.05, 3.63) is 48.6 Å². The molecule has 0 radical (unpaired) electrons. The van der Waals surface area contributed by atoms with Gasteiger partial charge in [-0.25, -0.2) is 0 Å². The number of nitrogens with zero attached hydrogens (tertiary/aromatic N) is 1. The van der Waals surface area contributed by atoms with Crippen LogP contribution < -0.4 is 0 Å². The fourth-order valence-electron chi connectivity index (χ4n) is 5.37. The van der Waals surface area contributed by atoms with Gasteiger partial charge in [-0.15, -0.1) is 0 Å². The highest BCUT2D eigenvalue weighted by atomic mass is 31.1. The summed E-state index contributed by atoms with van der Waals surface area (Å²) >= 11 is 0. The lowest BCUT2D eigenvalue weighted by molar-refractivity contribution is -0.150. The van der Waals surface area contributed by atoms with Crippen LogP contribution in [0.4, 0.5) is 0 Å². The first kappa shape index (κ1) is 42.3. The largest absolute Gasteiger partial charge is 0.462 e. The lowest BCUT2D eigenvalue weighted by Gasteiger charge is -2.18. The molecule has 46 heavy (non-hydrogen) atoms. The molecule has 0 aromatic heterocycles. The van der Waals surface area contributed by atoms with Crippen LogP contribution in [0.1, 0.15) is 148 Å². The number of carbonyl (C=O) groups is 2. The summed E-state index contributed by atoms with van der Waals surface area (Å²) < 4.78 is 16.8. The molecule has 1 aliphatic heterocycles. The molecule has 0 aliphatic carbocycles. The highest BCUT2D eigenvalue weighted by Crippen LogP contribution is 2.18. The molecule has 1 rings (SSSR count). The van der Waals surface area contributed by atoms with Crippen LogP contribution in [0.25, 0.3) is 0 Å². The number of carbonyl (C=O) groups excluding carboxylic acids is 2. The Morgan fingerprint density at radius 3 is 1.85 bits per heavy atom. The molecular weight excluding hydrogens is 593 g/mol. The highest BCUT2D eigenvalue weighted by Gasteiger charge is 2.14. The summed E-state index contributed by atoms with van der Waals surface area (Å²) in [5.41, 5.74) is 0. The second kappa shape index (κ2) is 33.2. The first-order chi connectivity index (χ1) is 22.6. The summed E-state index contributed by atoms with van der Waals surface area (Å²) in [6.07, 6.45) is 42.6. The number of ether oxygens (including phenoxy) is 2. The summed E-state index contributed by atoms with van der Waals surface area (Å²) in [4.78, 5) is 26.5. The molecule has 0 spiro atoms. The lowest BCUT2D eigenvalue weighted by Crippen LogP contribution is -2.20. The third kappa shape index (κ3) is 30.9. The van der Waals surface area contributed by atoms with E-state index in [9.17, 15) is 9.59 Å². The van der Waals surface area contributed by atoms with E-state index in [2.05, 4.69) is 53.5 Å². The zero-order chi connectivity index (χ0) is 33.2. The predicted octanol–water partition coefficient (Wildman–Crippen LogP) is 10.8. The second-order valence-electron chi connectivity index (χ2n) is 12.8. The van der Waals surface area contributed by atoms with Crippen molar-refractivity contribution in [3.8, 4) is 0 Å². The van der Waals surface area contributed by atoms with E-state index in [0.29, 0.717) is 25.8 Å². The maximum atomic E-state index is 12.5. The molecule has 0 N–H and O–H groups in total. The zero-order valence-electron chi connectivity index (χ0n) is 29.6. The SMILES string of the molecule is CN(C)CCCC(=O)OC1CCCCCCCC/C=C\C/C=C\CCOCPOC(=O)CC/C=C\C/C=C\CCCCCCCC1. The van der Waals surface area contributed by atoms with Crippen molar-refractivity contribution in [1.29, 1.82) is 0 Å². The number of hydrogen-bond donors (Lipinski definition) is 0. The molecular formula is C39H68NO5P. The second-order valence-corrected chi connectivity index (χ2v) is 13.6. The Labute approximate surface area is 284 Å². The van der Waals surface area contributed by atoms with Crippen LogP contribution in [0, 0.1) is 0 Å². The minimum absolute atomic E-state index is 0.0158. The maximum absolute atomic E-state index is 12.5. The standard InChI is InChI=1S/C39H68NO5P/c1-40(2)34-29-33-38(41)44-37-30-25-21-17-13-9-5-3-7-11-15-19-23-27-32-39(42)45-46-36-43-35-28-24-20-16-12-8-4-6-10-14-18-22-26-31-37/h7-8,11-12,19-20,23-24,37,46H,3-6,9-10,13-18,21-22,25-36H2,1-2H3/b11-7-,12-8-,23-19-,24-20-. The minimum atomic E-state index is -0.147. The van der Waals surface area contributed by atoms with E-state index in [1.165, 1.54) is 64.2 Å². The molecule has 0 amide bonds. The molecule has 2 unspecified atom stereocenters. The number of allylic oxidation sites excluding steroid dienone is 7. The zero-order valence-corrected chi connectivity index (χ0v) is 30.6. The van der Waals surface area contributed by atoms with Crippen molar-refractivity contribution in [2.75, 3.05) is 33.6 Å². The van der Waals surface area contributed by atoms with Gasteiger partial charge in [0.15, 0.2) is 0 Å². The van der Waals surface area contributed by atoms with Crippen LogP contribution in [0.2, 0.25) is 0 Å². The molecule has 0 fully saturated rings. The Hall–Kier alpha value is -1.75. The highest BCUT2D eigenvalue weighted by molar-refractivity contribution is 7.32. The Kier molecular flexibility index (Phi) is 30.5. The van der Waals surface area contributed by atoms with Crippen LogP contribution in [-0.2, 0) is 23.6 Å². The van der Waals surface area contributed by atoms with Crippen LogP contribution >= 0.6 is 8.81 Å². The molecule has 7 heteroatoms. The Bertz CT molecular complexity index is 838. The van der Waals surface area contributed by atoms with Gasteiger partial charge in [-0.3, -0.25) is 9.59 Å². The molecule has 1 heterocycles. The van der Waals surface area contributed by atoms with Gasteiger partial charge in [0.2, 0.25) is 0 Å². The average Bonchev–Trinajstić information content (AvgIpc) is 3.03. The number of esters is 1. The Morgan fingerprint density at radius 1 is 0.739 bits per heavy atom. The quantitative estimate of drug-likeness (QED) is 0.166. The van der Waals surface area contributed by atoms with Crippen LogP contribution in [0.5, 0.6) is 0 Å². The van der Waals surface area contributed by atoms with Crippen molar-refractivity contribution < 1.29 is 23.6 Å². The first-order valence-corrected chi connectivity index (χ1v) is 19.6. The molecule has 0 saturated carbocycles. The average molecular weight is 662 g/mol. The van der Waals surface area contributed by atoms with Gasteiger partial charge >= 0.3 is 11.9 Å². The molecule has 1 aliphatic rings. The summed E-state index contributed by atoms with van der Waals surface area (Å²) in [6.45, 7) is 1.58. The molecule has 0 aromatic carbocycles. The monoisotopic (exact) mass is 661 g/mol. The van der Waals surface area contributed by atoms with Crippen LogP contribution in [0.15, 0.2) is 48.6 Å². The van der Waals surface area contributed by atoms with Gasteiger partial charge in [0.1, 0.15) is 14.9 Å².